The quantitative estimate of drug-likeness (QED) is 0.694. The maximum Gasteiger partial charge on any atom is 0.270 e. The zero-order chi connectivity index (χ0) is 15.6. The molecule has 1 unspecified atom stereocenters. The van der Waals surface area contributed by atoms with Crippen molar-refractivity contribution >= 4 is 5.69 Å². The average molecular weight is 294 g/mol. The molecule has 0 heterocycles. The second-order valence-corrected chi connectivity index (χ2v) is 4.33. The number of non-ortho nitro benzene ring substituents is 1. The lowest BCUT2D eigenvalue weighted by molar-refractivity contribution is -0.384. The molecular weight excluding hydrogens is 282 g/mol. The van der Waals surface area contributed by atoms with Gasteiger partial charge in [-0.25, -0.2) is 8.78 Å². The van der Waals surface area contributed by atoms with E-state index in [9.17, 15) is 18.9 Å². The smallest absolute Gasteiger partial charge is 0.270 e. The fraction of sp³-hybridized carbons (Fsp3) is 0.143. The Balaban J connectivity index is 2.50. The van der Waals surface area contributed by atoms with E-state index in [0.717, 1.165) is 12.1 Å². The van der Waals surface area contributed by atoms with Crippen molar-refractivity contribution in [2.75, 3.05) is 7.11 Å². The first-order valence-corrected chi connectivity index (χ1v) is 5.97. The molecule has 0 aliphatic carbocycles. The summed E-state index contributed by atoms with van der Waals surface area (Å²) in [5, 5.41) is 10.8. The minimum Gasteiger partial charge on any atom is -0.496 e. The molecule has 2 aromatic rings. The fourth-order valence-corrected chi connectivity index (χ4v) is 1.96. The zero-order valence-corrected chi connectivity index (χ0v) is 11.0. The van der Waals surface area contributed by atoms with Gasteiger partial charge in [-0.1, -0.05) is 6.07 Å². The van der Waals surface area contributed by atoms with Gasteiger partial charge in [0.1, 0.15) is 5.75 Å². The molecule has 0 radical (unpaired) electrons. The molecule has 0 aromatic heterocycles. The summed E-state index contributed by atoms with van der Waals surface area (Å²) in [6.07, 6.45) is 0. The molecule has 2 rings (SSSR count). The molecule has 0 aliphatic heterocycles. The Hall–Kier alpha value is -2.54. The van der Waals surface area contributed by atoms with Crippen LogP contribution in [0.2, 0.25) is 0 Å². The number of nitrogens with two attached hydrogens (primary N) is 1. The van der Waals surface area contributed by atoms with Gasteiger partial charge < -0.3 is 10.5 Å². The number of halogens is 2. The zero-order valence-electron chi connectivity index (χ0n) is 11.0. The van der Waals surface area contributed by atoms with Crippen molar-refractivity contribution in [1.29, 1.82) is 0 Å². The van der Waals surface area contributed by atoms with Crippen LogP contribution in [0.5, 0.6) is 5.75 Å². The summed E-state index contributed by atoms with van der Waals surface area (Å²) in [6.45, 7) is 0. The Morgan fingerprint density at radius 1 is 1.19 bits per heavy atom. The lowest BCUT2D eigenvalue weighted by Crippen LogP contribution is -2.14. The Labute approximate surface area is 119 Å². The number of methoxy groups -OCH3 is 1. The number of rotatable bonds is 4. The van der Waals surface area contributed by atoms with Crippen molar-refractivity contribution < 1.29 is 18.4 Å². The van der Waals surface area contributed by atoms with Crippen molar-refractivity contribution in [3.05, 3.63) is 69.3 Å². The first-order valence-electron chi connectivity index (χ1n) is 5.97. The number of benzene rings is 2. The lowest BCUT2D eigenvalue weighted by atomic mass is 9.98. The van der Waals surface area contributed by atoms with Gasteiger partial charge >= 0.3 is 0 Å². The van der Waals surface area contributed by atoms with Crippen molar-refractivity contribution in [1.82, 2.24) is 0 Å². The first-order chi connectivity index (χ1) is 9.93. The summed E-state index contributed by atoms with van der Waals surface area (Å²) in [5.41, 5.74) is 6.43. The summed E-state index contributed by atoms with van der Waals surface area (Å²) >= 11 is 0. The standard InChI is InChI=1S/C14H12F2N2O3/c1-21-13-5-3-9(18(19)20)7-10(13)14(17)8-2-4-11(15)12(16)6-8/h2-7,14H,17H2,1H3. The first kappa shape index (κ1) is 14.9. The molecular formula is C14H12F2N2O3. The number of nitro benzene ring substituents is 1. The van der Waals surface area contributed by atoms with Crippen LogP contribution in [-0.4, -0.2) is 12.0 Å². The predicted molar refractivity (Wildman–Crippen MR) is 72.0 cm³/mol. The lowest BCUT2D eigenvalue weighted by Gasteiger charge is -2.16. The number of nitro groups is 1. The van der Waals surface area contributed by atoms with Crippen LogP contribution < -0.4 is 10.5 Å². The van der Waals surface area contributed by atoms with Crippen molar-refractivity contribution in [2.45, 2.75) is 6.04 Å². The molecule has 7 heteroatoms. The molecule has 5 nitrogen and oxygen atoms in total. The van der Waals surface area contributed by atoms with Crippen LogP contribution in [-0.2, 0) is 0 Å². The highest BCUT2D eigenvalue weighted by Crippen LogP contribution is 2.32. The van der Waals surface area contributed by atoms with Crippen LogP contribution >= 0.6 is 0 Å². The number of ether oxygens (including phenoxy) is 1. The van der Waals surface area contributed by atoms with E-state index < -0.39 is 22.6 Å². The van der Waals surface area contributed by atoms with E-state index in [4.69, 9.17) is 10.5 Å². The second-order valence-electron chi connectivity index (χ2n) is 4.33. The molecule has 0 spiro atoms. The highest BCUT2D eigenvalue weighted by atomic mass is 19.2. The SMILES string of the molecule is COc1ccc([N+](=O)[O-])cc1C(N)c1ccc(F)c(F)c1. The van der Waals surface area contributed by atoms with E-state index in [2.05, 4.69) is 0 Å². The van der Waals surface area contributed by atoms with Crippen molar-refractivity contribution in [3.63, 3.8) is 0 Å². The summed E-state index contributed by atoms with van der Waals surface area (Å²) < 4.78 is 31.3. The molecule has 110 valence electrons. The third-order valence-corrected chi connectivity index (χ3v) is 3.06. The number of hydrogen-bond donors (Lipinski definition) is 1. The topological polar surface area (TPSA) is 78.4 Å². The van der Waals surface area contributed by atoms with Gasteiger partial charge in [-0.3, -0.25) is 10.1 Å². The molecule has 1 atom stereocenters. The van der Waals surface area contributed by atoms with Crippen LogP contribution in [0, 0.1) is 21.7 Å². The molecule has 0 bridgehead atoms. The van der Waals surface area contributed by atoms with Gasteiger partial charge in [0.05, 0.1) is 18.1 Å². The van der Waals surface area contributed by atoms with E-state index >= 15 is 0 Å². The third kappa shape index (κ3) is 2.97. The van der Waals surface area contributed by atoms with E-state index in [1.165, 1.54) is 31.4 Å². The van der Waals surface area contributed by atoms with Crippen LogP contribution in [0.25, 0.3) is 0 Å². The van der Waals surface area contributed by atoms with Gasteiger partial charge in [-0.15, -0.1) is 0 Å². The fourth-order valence-electron chi connectivity index (χ4n) is 1.96. The minimum atomic E-state index is -1.03. The number of hydrogen-bond acceptors (Lipinski definition) is 4. The van der Waals surface area contributed by atoms with Gasteiger partial charge in [0.15, 0.2) is 11.6 Å². The van der Waals surface area contributed by atoms with E-state index in [1.54, 1.807) is 0 Å². The van der Waals surface area contributed by atoms with Gasteiger partial charge in [-0.2, -0.15) is 0 Å². The predicted octanol–water partition coefficient (Wildman–Crippen LogP) is 2.93. The van der Waals surface area contributed by atoms with Gasteiger partial charge in [0, 0.05) is 17.7 Å². The maximum absolute atomic E-state index is 13.3. The second kappa shape index (κ2) is 5.84. The van der Waals surface area contributed by atoms with Crippen LogP contribution in [0.15, 0.2) is 36.4 Å². The van der Waals surface area contributed by atoms with Crippen molar-refractivity contribution in [2.24, 2.45) is 5.73 Å². The highest BCUT2D eigenvalue weighted by molar-refractivity contribution is 5.48. The van der Waals surface area contributed by atoms with Crippen molar-refractivity contribution in [3.8, 4) is 5.75 Å². The molecule has 0 amide bonds. The van der Waals surface area contributed by atoms with E-state index in [-0.39, 0.29) is 11.3 Å². The third-order valence-electron chi connectivity index (χ3n) is 3.06. The largest absolute Gasteiger partial charge is 0.496 e. The van der Waals surface area contributed by atoms with E-state index in [1.807, 2.05) is 0 Å². The Kier molecular flexibility index (Phi) is 4.13. The minimum absolute atomic E-state index is 0.163. The average Bonchev–Trinajstić information content (AvgIpc) is 2.48. The maximum atomic E-state index is 13.3. The Morgan fingerprint density at radius 2 is 1.90 bits per heavy atom. The summed E-state index contributed by atoms with van der Waals surface area (Å²) in [5.74, 6) is -1.69. The normalized spacial score (nSPS) is 12.0. The van der Waals surface area contributed by atoms with Gasteiger partial charge in [-0.05, 0) is 23.8 Å². The monoisotopic (exact) mass is 294 g/mol. The number of nitrogens with zero attached hydrogens (tertiary/aromatic N) is 1. The molecule has 0 aliphatic rings. The highest BCUT2D eigenvalue weighted by Gasteiger charge is 2.19. The van der Waals surface area contributed by atoms with Crippen LogP contribution in [0.3, 0.4) is 0 Å². The van der Waals surface area contributed by atoms with Gasteiger partial charge in [0.2, 0.25) is 0 Å². The molecule has 2 aromatic carbocycles. The summed E-state index contributed by atoms with van der Waals surface area (Å²) in [6, 6.07) is 6.29. The summed E-state index contributed by atoms with van der Waals surface area (Å²) in [4.78, 5) is 10.3. The van der Waals surface area contributed by atoms with Gasteiger partial charge in [0.25, 0.3) is 5.69 Å². The van der Waals surface area contributed by atoms with Crippen LogP contribution in [0.4, 0.5) is 14.5 Å². The van der Waals surface area contributed by atoms with Crippen LogP contribution in [0.1, 0.15) is 17.2 Å². The molecule has 0 saturated heterocycles. The molecule has 0 saturated carbocycles. The molecule has 0 fully saturated rings. The Bertz CT molecular complexity index is 692. The molecule has 2 N–H and O–H groups in total. The molecule has 21 heavy (non-hydrogen) atoms. The van der Waals surface area contributed by atoms with E-state index in [0.29, 0.717) is 11.3 Å². The Morgan fingerprint density at radius 3 is 2.48 bits per heavy atom. The summed E-state index contributed by atoms with van der Waals surface area (Å²) in [7, 11) is 1.39.